The number of carbonyl (C=O) groups excluding carboxylic acids is 2. The van der Waals surface area contributed by atoms with Gasteiger partial charge in [-0.3, -0.25) is 14.3 Å². The van der Waals surface area contributed by atoms with Crippen molar-refractivity contribution in [1.29, 1.82) is 0 Å². The molecule has 0 aliphatic carbocycles. The molecule has 8 heteroatoms. The first-order valence-corrected chi connectivity index (χ1v) is 7.87. The van der Waals surface area contributed by atoms with Crippen molar-refractivity contribution in [2.45, 2.75) is 6.04 Å². The van der Waals surface area contributed by atoms with E-state index in [-0.39, 0.29) is 11.8 Å². The number of aryl methyl sites for hydroxylation is 1. The molecule has 1 aliphatic heterocycles. The van der Waals surface area contributed by atoms with Crippen LogP contribution >= 0.6 is 0 Å². The van der Waals surface area contributed by atoms with Gasteiger partial charge < -0.3 is 19.5 Å². The predicted molar refractivity (Wildman–Crippen MR) is 86.2 cm³/mol. The number of rotatable bonds is 4. The number of hydrogen-bond acceptors (Lipinski definition) is 5. The van der Waals surface area contributed by atoms with Gasteiger partial charge in [0, 0.05) is 45.0 Å². The molecular formula is C16H21N5O3. The van der Waals surface area contributed by atoms with Gasteiger partial charge in [-0.1, -0.05) is 0 Å². The van der Waals surface area contributed by atoms with Gasteiger partial charge in [0.1, 0.15) is 6.04 Å². The van der Waals surface area contributed by atoms with Crippen LogP contribution in [0.25, 0.3) is 0 Å². The van der Waals surface area contributed by atoms with E-state index in [1.54, 1.807) is 39.9 Å². The summed E-state index contributed by atoms with van der Waals surface area (Å²) in [4.78, 5) is 28.5. The summed E-state index contributed by atoms with van der Waals surface area (Å²) >= 11 is 0. The van der Waals surface area contributed by atoms with Gasteiger partial charge in [-0.15, -0.1) is 0 Å². The second kappa shape index (κ2) is 6.88. The van der Waals surface area contributed by atoms with Crippen molar-refractivity contribution in [3.05, 3.63) is 42.1 Å². The summed E-state index contributed by atoms with van der Waals surface area (Å²) in [5, 5.41) is 7.16. The minimum Gasteiger partial charge on any atom is -0.459 e. The third-order valence-electron chi connectivity index (χ3n) is 4.20. The van der Waals surface area contributed by atoms with Gasteiger partial charge in [-0.05, 0) is 19.2 Å². The number of nitrogens with one attached hydrogen (secondary N) is 1. The van der Waals surface area contributed by atoms with E-state index in [0.29, 0.717) is 31.9 Å². The summed E-state index contributed by atoms with van der Waals surface area (Å²) in [7, 11) is 3.58. The second-order valence-corrected chi connectivity index (χ2v) is 5.76. The molecule has 1 aliphatic rings. The summed E-state index contributed by atoms with van der Waals surface area (Å²) in [6.07, 6.45) is 5.00. The van der Waals surface area contributed by atoms with Gasteiger partial charge >= 0.3 is 0 Å². The van der Waals surface area contributed by atoms with Crippen molar-refractivity contribution in [1.82, 2.24) is 24.9 Å². The molecule has 2 amide bonds. The van der Waals surface area contributed by atoms with Crippen molar-refractivity contribution < 1.29 is 14.0 Å². The summed E-state index contributed by atoms with van der Waals surface area (Å²) < 4.78 is 6.82. The normalized spacial score (nSPS) is 16.2. The van der Waals surface area contributed by atoms with Crippen LogP contribution in [0.5, 0.6) is 0 Å². The average Bonchev–Trinajstić information content (AvgIpc) is 3.27. The standard InChI is InChI=1S/C16H21N5O3/c1-17-14(12-10-18-19(2)11-12)16(23)21-7-5-20(6-8-21)15(22)13-4-3-9-24-13/h3-4,9-11,14,17H,5-8H2,1-2H3. The maximum absolute atomic E-state index is 12.7. The minimum absolute atomic E-state index is 0.00408. The Morgan fingerprint density at radius 3 is 2.50 bits per heavy atom. The lowest BCUT2D eigenvalue weighted by Gasteiger charge is -2.35. The third kappa shape index (κ3) is 3.18. The lowest BCUT2D eigenvalue weighted by atomic mass is 10.1. The van der Waals surface area contributed by atoms with Crippen LogP contribution in [0.2, 0.25) is 0 Å². The minimum atomic E-state index is -0.425. The monoisotopic (exact) mass is 331 g/mol. The van der Waals surface area contributed by atoms with Crippen molar-refractivity contribution in [2.75, 3.05) is 33.2 Å². The summed E-state index contributed by atoms with van der Waals surface area (Å²) in [5.41, 5.74) is 0.832. The molecule has 1 N–H and O–H groups in total. The van der Waals surface area contributed by atoms with E-state index < -0.39 is 6.04 Å². The Kier molecular flexibility index (Phi) is 4.66. The van der Waals surface area contributed by atoms with E-state index in [1.807, 2.05) is 13.2 Å². The third-order valence-corrected chi connectivity index (χ3v) is 4.20. The first kappa shape index (κ1) is 16.3. The highest BCUT2D eigenvalue weighted by Gasteiger charge is 2.30. The van der Waals surface area contributed by atoms with Gasteiger partial charge in [0.15, 0.2) is 5.76 Å². The molecule has 1 atom stereocenters. The van der Waals surface area contributed by atoms with Crippen LogP contribution in [0.15, 0.2) is 35.2 Å². The first-order chi connectivity index (χ1) is 11.6. The molecule has 0 bridgehead atoms. The van der Waals surface area contributed by atoms with Gasteiger partial charge in [-0.2, -0.15) is 5.10 Å². The number of carbonyl (C=O) groups is 2. The maximum Gasteiger partial charge on any atom is 0.289 e. The molecule has 0 radical (unpaired) electrons. The number of nitrogens with zero attached hydrogens (tertiary/aromatic N) is 4. The van der Waals surface area contributed by atoms with Crippen LogP contribution in [0.4, 0.5) is 0 Å². The van der Waals surface area contributed by atoms with Crippen molar-refractivity contribution in [3.63, 3.8) is 0 Å². The van der Waals surface area contributed by atoms with E-state index in [2.05, 4.69) is 10.4 Å². The molecule has 128 valence electrons. The highest BCUT2D eigenvalue weighted by Crippen LogP contribution is 2.17. The van der Waals surface area contributed by atoms with Crippen molar-refractivity contribution >= 4 is 11.8 Å². The highest BCUT2D eigenvalue weighted by atomic mass is 16.3. The fourth-order valence-electron chi connectivity index (χ4n) is 2.89. The van der Waals surface area contributed by atoms with Gasteiger partial charge in [0.25, 0.3) is 5.91 Å². The van der Waals surface area contributed by atoms with Crippen LogP contribution in [-0.4, -0.2) is 64.6 Å². The molecule has 1 fully saturated rings. The number of furan rings is 1. The summed E-state index contributed by atoms with van der Waals surface area (Å²) in [6.45, 7) is 2.00. The molecule has 2 aromatic rings. The lowest BCUT2D eigenvalue weighted by molar-refractivity contribution is -0.135. The van der Waals surface area contributed by atoms with Crippen LogP contribution in [-0.2, 0) is 11.8 Å². The maximum atomic E-state index is 12.7. The van der Waals surface area contributed by atoms with Crippen LogP contribution in [0, 0.1) is 0 Å². The molecule has 0 saturated carbocycles. The molecule has 0 aromatic carbocycles. The predicted octanol–water partition coefficient (Wildman–Crippen LogP) is 0.258. The van der Waals surface area contributed by atoms with E-state index in [1.165, 1.54) is 6.26 Å². The Bertz CT molecular complexity index is 701. The topological polar surface area (TPSA) is 83.6 Å². The van der Waals surface area contributed by atoms with Crippen LogP contribution < -0.4 is 5.32 Å². The largest absolute Gasteiger partial charge is 0.459 e. The zero-order valence-corrected chi connectivity index (χ0v) is 13.8. The molecule has 0 spiro atoms. The number of likely N-dealkylation sites (N-methyl/N-ethyl adjacent to an activating group) is 1. The van der Waals surface area contributed by atoms with Crippen molar-refractivity contribution in [3.8, 4) is 0 Å². The SMILES string of the molecule is CNC(C(=O)N1CCN(C(=O)c2ccco2)CC1)c1cnn(C)c1. The number of aromatic nitrogens is 2. The van der Waals surface area contributed by atoms with Crippen LogP contribution in [0.3, 0.4) is 0 Å². The first-order valence-electron chi connectivity index (χ1n) is 7.87. The number of hydrogen-bond donors (Lipinski definition) is 1. The molecule has 3 heterocycles. The second-order valence-electron chi connectivity index (χ2n) is 5.76. The van der Waals surface area contributed by atoms with E-state index >= 15 is 0 Å². The fourth-order valence-corrected chi connectivity index (χ4v) is 2.89. The summed E-state index contributed by atoms with van der Waals surface area (Å²) in [6, 6.07) is 2.92. The molecule has 1 saturated heterocycles. The highest BCUT2D eigenvalue weighted by molar-refractivity contribution is 5.91. The van der Waals surface area contributed by atoms with Gasteiger partial charge in [-0.25, -0.2) is 0 Å². The zero-order chi connectivity index (χ0) is 17.1. The number of piperazine rings is 1. The Labute approximate surface area is 140 Å². The van der Waals surface area contributed by atoms with Crippen LogP contribution in [0.1, 0.15) is 22.2 Å². The zero-order valence-electron chi connectivity index (χ0n) is 13.8. The molecule has 1 unspecified atom stereocenters. The molecule has 24 heavy (non-hydrogen) atoms. The number of amides is 2. The van der Waals surface area contributed by atoms with Crippen molar-refractivity contribution in [2.24, 2.45) is 7.05 Å². The Hall–Kier alpha value is -2.61. The molecule has 8 nitrogen and oxygen atoms in total. The lowest BCUT2D eigenvalue weighted by Crippen LogP contribution is -2.52. The van der Waals surface area contributed by atoms with Gasteiger partial charge in [0.2, 0.25) is 5.91 Å². The Morgan fingerprint density at radius 2 is 1.96 bits per heavy atom. The Morgan fingerprint density at radius 1 is 1.25 bits per heavy atom. The van der Waals surface area contributed by atoms with E-state index in [4.69, 9.17) is 4.42 Å². The fraction of sp³-hybridized carbons (Fsp3) is 0.438. The average molecular weight is 331 g/mol. The van der Waals surface area contributed by atoms with Gasteiger partial charge in [0.05, 0.1) is 12.5 Å². The molecule has 3 rings (SSSR count). The Balaban J connectivity index is 1.61. The summed E-state index contributed by atoms with van der Waals surface area (Å²) in [5.74, 6) is 0.193. The van der Waals surface area contributed by atoms with E-state index in [0.717, 1.165) is 5.56 Å². The smallest absolute Gasteiger partial charge is 0.289 e. The van der Waals surface area contributed by atoms with E-state index in [9.17, 15) is 9.59 Å². The molecule has 2 aromatic heterocycles. The quantitative estimate of drug-likeness (QED) is 0.869. The molecular weight excluding hydrogens is 310 g/mol.